The van der Waals surface area contributed by atoms with Crippen LogP contribution in [0.25, 0.3) is 0 Å². The number of carbonyl (C=O) groups excluding carboxylic acids is 1. The molecule has 4 heteroatoms. The van der Waals surface area contributed by atoms with Crippen LogP contribution in [-0.2, 0) is 24.2 Å². The van der Waals surface area contributed by atoms with Crippen molar-refractivity contribution in [3.05, 3.63) is 64.1 Å². The Balaban J connectivity index is 1.77. The lowest BCUT2D eigenvalue weighted by atomic mass is 9.90. The molecular formula is C17H18N2O2. The van der Waals surface area contributed by atoms with Crippen LogP contribution in [0.1, 0.15) is 24.0 Å². The number of nitrogens with zero attached hydrogens (tertiary/aromatic N) is 1. The molecule has 0 atom stereocenters. The minimum atomic E-state index is -0.165. The molecule has 0 saturated heterocycles. The summed E-state index contributed by atoms with van der Waals surface area (Å²) in [5, 5.41) is 2.95. The highest BCUT2D eigenvalue weighted by molar-refractivity contribution is 5.91. The third-order valence-electron chi connectivity index (χ3n) is 3.88. The van der Waals surface area contributed by atoms with Crippen LogP contribution in [0.2, 0.25) is 0 Å². The number of aryl methyl sites for hydroxylation is 1. The number of carbonyl (C=O) groups is 1. The number of fused-ring (bicyclic) bond motifs is 1. The van der Waals surface area contributed by atoms with Crippen molar-refractivity contribution >= 4 is 11.6 Å². The Morgan fingerprint density at radius 3 is 2.81 bits per heavy atom. The molecule has 0 saturated carbocycles. The Kier molecular flexibility index (Phi) is 3.86. The maximum atomic E-state index is 12.1. The summed E-state index contributed by atoms with van der Waals surface area (Å²) in [6.45, 7) is 0.0450. The van der Waals surface area contributed by atoms with Crippen LogP contribution < -0.4 is 10.9 Å². The van der Waals surface area contributed by atoms with Crippen LogP contribution >= 0.6 is 0 Å². The van der Waals surface area contributed by atoms with Crippen molar-refractivity contribution in [1.82, 2.24) is 4.57 Å². The molecule has 0 unspecified atom stereocenters. The second-order valence-corrected chi connectivity index (χ2v) is 5.37. The molecule has 1 aliphatic rings. The largest absolute Gasteiger partial charge is 0.324 e. The molecule has 0 aliphatic heterocycles. The van der Waals surface area contributed by atoms with Gasteiger partial charge in [0.25, 0.3) is 5.56 Å². The first-order chi connectivity index (χ1) is 10.2. The van der Waals surface area contributed by atoms with E-state index >= 15 is 0 Å². The Hall–Kier alpha value is -2.36. The standard InChI is InChI=1S/C17H18N2O2/c20-16(12-19-11-4-3-10-17(19)21)18-15-9-5-7-13-6-1-2-8-14(13)15/h3-5,7,9-11H,1-2,6,8,12H2,(H,18,20). The van der Waals surface area contributed by atoms with E-state index in [4.69, 9.17) is 0 Å². The minimum Gasteiger partial charge on any atom is -0.324 e. The van der Waals surface area contributed by atoms with Gasteiger partial charge in [-0.3, -0.25) is 9.59 Å². The highest BCUT2D eigenvalue weighted by Crippen LogP contribution is 2.27. The number of aromatic nitrogens is 1. The molecule has 1 heterocycles. The average molecular weight is 282 g/mol. The van der Waals surface area contributed by atoms with Gasteiger partial charge in [-0.25, -0.2) is 0 Å². The molecule has 108 valence electrons. The number of nitrogens with one attached hydrogen (secondary N) is 1. The van der Waals surface area contributed by atoms with Crippen LogP contribution in [0.4, 0.5) is 5.69 Å². The predicted octanol–water partition coefficient (Wildman–Crippen LogP) is 2.37. The van der Waals surface area contributed by atoms with Crippen molar-refractivity contribution in [1.29, 1.82) is 0 Å². The summed E-state index contributed by atoms with van der Waals surface area (Å²) in [6, 6.07) is 10.9. The first kappa shape index (κ1) is 13.6. The lowest BCUT2D eigenvalue weighted by molar-refractivity contribution is -0.116. The van der Waals surface area contributed by atoms with Crippen LogP contribution in [0.5, 0.6) is 0 Å². The van der Waals surface area contributed by atoms with Crippen LogP contribution in [0.15, 0.2) is 47.4 Å². The smallest absolute Gasteiger partial charge is 0.250 e. The molecule has 2 aromatic rings. The minimum absolute atomic E-state index is 0.0450. The molecule has 0 fully saturated rings. The number of pyridine rings is 1. The fourth-order valence-corrected chi connectivity index (χ4v) is 2.83. The van der Waals surface area contributed by atoms with E-state index in [2.05, 4.69) is 11.4 Å². The van der Waals surface area contributed by atoms with Crippen molar-refractivity contribution in [2.75, 3.05) is 5.32 Å². The number of hydrogen-bond acceptors (Lipinski definition) is 2. The van der Waals surface area contributed by atoms with E-state index in [1.54, 1.807) is 18.3 Å². The zero-order valence-corrected chi connectivity index (χ0v) is 11.8. The summed E-state index contributed by atoms with van der Waals surface area (Å²) >= 11 is 0. The molecular weight excluding hydrogens is 264 g/mol. The number of rotatable bonds is 3. The topological polar surface area (TPSA) is 51.1 Å². The third kappa shape index (κ3) is 3.05. The van der Waals surface area contributed by atoms with E-state index in [9.17, 15) is 9.59 Å². The summed E-state index contributed by atoms with van der Waals surface area (Å²) in [4.78, 5) is 23.8. The van der Waals surface area contributed by atoms with Gasteiger partial charge in [-0.2, -0.15) is 0 Å². The predicted molar refractivity (Wildman–Crippen MR) is 82.4 cm³/mol. The van der Waals surface area contributed by atoms with E-state index in [1.165, 1.54) is 28.2 Å². The fourth-order valence-electron chi connectivity index (χ4n) is 2.83. The van der Waals surface area contributed by atoms with Gasteiger partial charge in [-0.1, -0.05) is 18.2 Å². The van der Waals surface area contributed by atoms with Gasteiger partial charge in [0, 0.05) is 18.0 Å². The van der Waals surface area contributed by atoms with Crippen molar-refractivity contribution in [2.45, 2.75) is 32.2 Å². The second-order valence-electron chi connectivity index (χ2n) is 5.37. The zero-order chi connectivity index (χ0) is 14.7. The first-order valence-corrected chi connectivity index (χ1v) is 7.30. The van der Waals surface area contributed by atoms with Gasteiger partial charge in [0.1, 0.15) is 6.54 Å². The molecule has 0 radical (unpaired) electrons. The van der Waals surface area contributed by atoms with Gasteiger partial charge in [-0.05, 0) is 48.9 Å². The molecule has 21 heavy (non-hydrogen) atoms. The van der Waals surface area contributed by atoms with Gasteiger partial charge in [-0.15, -0.1) is 0 Å². The molecule has 0 spiro atoms. The van der Waals surface area contributed by atoms with Crippen LogP contribution in [0.3, 0.4) is 0 Å². The zero-order valence-electron chi connectivity index (χ0n) is 11.8. The number of hydrogen-bond donors (Lipinski definition) is 1. The Labute approximate surface area is 123 Å². The quantitative estimate of drug-likeness (QED) is 0.939. The number of benzene rings is 1. The normalized spacial score (nSPS) is 13.5. The maximum Gasteiger partial charge on any atom is 0.250 e. The van der Waals surface area contributed by atoms with Crippen LogP contribution in [-0.4, -0.2) is 10.5 Å². The molecule has 4 nitrogen and oxygen atoms in total. The molecule has 1 N–H and O–H groups in total. The molecule has 1 aliphatic carbocycles. The summed E-state index contributed by atoms with van der Waals surface area (Å²) < 4.78 is 1.41. The molecule has 1 aromatic heterocycles. The van der Waals surface area contributed by atoms with Crippen molar-refractivity contribution in [2.24, 2.45) is 0 Å². The average Bonchev–Trinajstić information content (AvgIpc) is 2.50. The molecule has 3 rings (SSSR count). The lowest BCUT2D eigenvalue weighted by Gasteiger charge is -2.19. The van der Waals surface area contributed by atoms with Crippen molar-refractivity contribution in [3.63, 3.8) is 0 Å². The summed E-state index contributed by atoms with van der Waals surface area (Å²) in [6.07, 6.45) is 6.10. The SMILES string of the molecule is O=C(Cn1ccccc1=O)Nc1cccc2c1CCCC2. The van der Waals surface area contributed by atoms with Gasteiger partial charge < -0.3 is 9.88 Å². The molecule has 1 aromatic carbocycles. The maximum absolute atomic E-state index is 12.1. The highest BCUT2D eigenvalue weighted by Gasteiger charge is 2.14. The first-order valence-electron chi connectivity index (χ1n) is 7.30. The summed E-state index contributed by atoms with van der Waals surface area (Å²) in [5.41, 5.74) is 3.30. The van der Waals surface area contributed by atoms with Gasteiger partial charge in [0.15, 0.2) is 0 Å². The van der Waals surface area contributed by atoms with E-state index in [-0.39, 0.29) is 18.0 Å². The van der Waals surface area contributed by atoms with Gasteiger partial charge >= 0.3 is 0 Å². The fraction of sp³-hybridized carbons (Fsp3) is 0.294. The number of anilines is 1. The van der Waals surface area contributed by atoms with Gasteiger partial charge in [0.2, 0.25) is 5.91 Å². The van der Waals surface area contributed by atoms with Crippen molar-refractivity contribution in [3.8, 4) is 0 Å². The monoisotopic (exact) mass is 282 g/mol. The summed E-state index contributed by atoms with van der Waals surface area (Å²) in [7, 11) is 0. The lowest BCUT2D eigenvalue weighted by Crippen LogP contribution is -2.27. The van der Waals surface area contributed by atoms with Crippen molar-refractivity contribution < 1.29 is 4.79 Å². The molecule has 1 amide bonds. The Morgan fingerprint density at radius 2 is 1.95 bits per heavy atom. The Morgan fingerprint density at radius 1 is 1.10 bits per heavy atom. The molecule has 0 bridgehead atoms. The van der Waals surface area contributed by atoms with Crippen LogP contribution in [0, 0.1) is 0 Å². The van der Waals surface area contributed by atoms with E-state index in [0.29, 0.717) is 0 Å². The van der Waals surface area contributed by atoms with E-state index in [1.807, 2.05) is 12.1 Å². The number of amides is 1. The summed E-state index contributed by atoms with van der Waals surface area (Å²) in [5.74, 6) is -0.165. The van der Waals surface area contributed by atoms with E-state index < -0.39 is 0 Å². The highest BCUT2D eigenvalue weighted by atomic mass is 16.2. The second kappa shape index (κ2) is 5.95. The third-order valence-corrected chi connectivity index (χ3v) is 3.88. The van der Waals surface area contributed by atoms with E-state index in [0.717, 1.165) is 24.9 Å². The van der Waals surface area contributed by atoms with Gasteiger partial charge in [0.05, 0.1) is 0 Å². The Bertz CT molecular complexity index is 719.